The first-order valence-corrected chi connectivity index (χ1v) is 9.08. The molecule has 1 aliphatic rings. The second kappa shape index (κ2) is 7.23. The number of benzene rings is 2. The Balaban J connectivity index is 1.50. The molecule has 1 atom stereocenters. The average Bonchev–Trinajstić information content (AvgIpc) is 3.30. The predicted octanol–water partition coefficient (Wildman–Crippen LogP) is 3.96. The van der Waals surface area contributed by atoms with Crippen molar-refractivity contribution in [3.8, 4) is 17.1 Å². The van der Waals surface area contributed by atoms with Crippen molar-refractivity contribution in [2.24, 2.45) is 0 Å². The molecule has 0 bridgehead atoms. The molecule has 1 aromatic heterocycles. The summed E-state index contributed by atoms with van der Waals surface area (Å²) in [7, 11) is 0. The number of carbonyl (C=O) groups is 1. The van der Waals surface area contributed by atoms with Crippen LogP contribution in [0, 0.1) is 6.92 Å². The number of hydrogen-bond acceptors (Lipinski definition) is 5. The molecule has 3 aromatic rings. The second-order valence-electron chi connectivity index (χ2n) is 6.65. The number of ether oxygens (including phenoxy) is 1. The lowest BCUT2D eigenvalue weighted by Crippen LogP contribution is -2.24. The summed E-state index contributed by atoms with van der Waals surface area (Å²) in [6.45, 7) is 5.15. The van der Waals surface area contributed by atoms with Crippen molar-refractivity contribution in [3.05, 3.63) is 60.0 Å². The van der Waals surface area contributed by atoms with Crippen molar-refractivity contribution in [2.75, 3.05) is 18.1 Å². The molecule has 6 nitrogen and oxygen atoms in total. The van der Waals surface area contributed by atoms with E-state index in [9.17, 15) is 4.79 Å². The zero-order chi connectivity index (χ0) is 18.8. The van der Waals surface area contributed by atoms with Gasteiger partial charge >= 0.3 is 0 Å². The summed E-state index contributed by atoms with van der Waals surface area (Å²) in [5.41, 5.74) is 2.92. The fourth-order valence-corrected chi connectivity index (χ4v) is 3.23. The van der Waals surface area contributed by atoms with Gasteiger partial charge in [0, 0.05) is 24.2 Å². The highest BCUT2D eigenvalue weighted by Gasteiger charge is 2.35. The summed E-state index contributed by atoms with van der Waals surface area (Å²) in [6, 6.07) is 15.5. The van der Waals surface area contributed by atoms with Gasteiger partial charge < -0.3 is 14.2 Å². The van der Waals surface area contributed by atoms with Gasteiger partial charge in [0.05, 0.1) is 12.5 Å². The Bertz CT molecular complexity index is 932. The molecule has 1 fully saturated rings. The van der Waals surface area contributed by atoms with Crippen molar-refractivity contribution in [2.45, 2.75) is 26.2 Å². The monoisotopic (exact) mass is 363 g/mol. The minimum atomic E-state index is -0.0947. The first kappa shape index (κ1) is 17.3. The van der Waals surface area contributed by atoms with E-state index in [4.69, 9.17) is 9.26 Å². The maximum atomic E-state index is 12.4. The third kappa shape index (κ3) is 3.56. The number of aromatic nitrogens is 2. The molecule has 0 spiro atoms. The molecule has 1 saturated heterocycles. The lowest BCUT2D eigenvalue weighted by molar-refractivity contribution is -0.117. The third-order valence-corrected chi connectivity index (χ3v) is 4.69. The molecule has 1 aliphatic heterocycles. The summed E-state index contributed by atoms with van der Waals surface area (Å²) in [6.07, 6.45) is 0.374. The van der Waals surface area contributed by atoms with Crippen LogP contribution in [0.5, 0.6) is 5.75 Å². The van der Waals surface area contributed by atoms with Crippen LogP contribution in [0.25, 0.3) is 11.4 Å². The summed E-state index contributed by atoms with van der Waals surface area (Å²) >= 11 is 0. The number of aryl methyl sites for hydroxylation is 1. The van der Waals surface area contributed by atoms with Crippen LogP contribution in [0.15, 0.2) is 53.1 Å². The van der Waals surface area contributed by atoms with Crippen LogP contribution >= 0.6 is 0 Å². The van der Waals surface area contributed by atoms with Crippen LogP contribution < -0.4 is 9.64 Å². The van der Waals surface area contributed by atoms with Gasteiger partial charge in [0.1, 0.15) is 5.75 Å². The normalized spacial score (nSPS) is 16.7. The smallest absolute Gasteiger partial charge is 0.232 e. The van der Waals surface area contributed by atoms with Crippen LogP contribution in [0.4, 0.5) is 5.69 Å². The molecule has 1 amide bonds. The number of rotatable bonds is 5. The fourth-order valence-electron chi connectivity index (χ4n) is 3.23. The second-order valence-corrected chi connectivity index (χ2v) is 6.65. The van der Waals surface area contributed by atoms with Crippen LogP contribution in [0.3, 0.4) is 0 Å². The number of carbonyl (C=O) groups excluding carboxylic acids is 1. The van der Waals surface area contributed by atoms with Crippen LogP contribution in [-0.4, -0.2) is 29.2 Å². The van der Waals surface area contributed by atoms with Gasteiger partial charge in [0.2, 0.25) is 17.6 Å². The molecule has 0 aliphatic carbocycles. The number of nitrogens with zero attached hydrogens (tertiary/aromatic N) is 3. The van der Waals surface area contributed by atoms with Crippen LogP contribution in [0.2, 0.25) is 0 Å². The highest BCUT2D eigenvalue weighted by molar-refractivity contribution is 5.96. The van der Waals surface area contributed by atoms with Gasteiger partial charge in [0.25, 0.3) is 0 Å². The Morgan fingerprint density at radius 3 is 2.59 bits per heavy atom. The van der Waals surface area contributed by atoms with E-state index in [2.05, 4.69) is 10.1 Å². The SMILES string of the molecule is CCOc1ccc(-c2noc([C@H]3CC(=O)N(c4ccc(C)cc4)C3)n2)cc1. The molecular formula is C21H21N3O3. The molecule has 0 N–H and O–H groups in total. The van der Waals surface area contributed by atoms with E-state index in [0.717, 1.165) is 17.0 Å². The zero-order valence-electron chi connectivity index (χ0n) is 15.4. The van der Waals surface area contributed by atoms with Gasteiger partial charge in [-0.15, -0.1) is 0 Å². The Kier molecular flexibility index (Phi) is 4.62. The Morgan fingerprint density at radius 1 is 1.15 bits per heavy atom. The Hall–Kier alpha value is -3.15. The van der Waals surface area contributed by atoms with Gasteiger partial charge in [-0.1, -0.05) is 22.9 Å². The summed E-state index contributed by atoms with van der Waals surface area (Å²) in [5, 5.41) is 4.08. The lowest BCUT2D eigenvalue weighted by atomic mass is 10.1. The standard InChI is InChI=1S/C21H21N3O3/c1-3-26-18-10-6-15(7-11-18)20-22-21(27-23-20)16-12-19(25)24(13-16)17-8-4-14(2)5-9-17/h4-11,16H,3,12-13H2,1-2H3/t16-/m0/s1. The highest BCUT2D eigenvalue weighted by Crippen LogP contribution is 2.32. The maximum absolute atomic E-state index is 12.4. The third-order valence-electron chi connectivity index (χ3n) is 4.69. The van der Waals surface area contributed by atoms with E-state index in [-0.39, 0.29) is 11.8 Å². The molecule has 0 saturated carbocycles. The Labute approximate surface area is 157 Å². The number of anilines is 1. The number of amides is 1. The molecule has 4 rings (SSSR count). The Morgan fingerprint density at radius 2 is 1.89 bits per heavy atom. The predicted molar refractivity (Wildman–Crippen MR) is 102 cm³/mol. The molecule has 2 aromatic carbocycles. The van der Waals surface area contributed by atoms with Crippen molar-refractivity contribution < 1.29 is 14.1 Å². The fraction of sp³-hybridized carbons (Fsp3) is 0.286. The zero-order valence-corrected chi connectivity index (χ0v) is 15.4. The van der Waals surface area contributed by atoms with E-state index >= 15 is 0 Å². The van der Waals surface area contributed by atoms with E-state index in [1.807, 2.05) is 62.4 Å². The van der Waals surface area contributed by atoms with Crippen LogP contribution in [-0.2, 0) is 4.79 Å². The quantitative estimate of drug-likeness (QED) is 0.686. The van der Waals surface area contributed by atoms with E-state index in [1.54, 1.807) is 4.90 Å². The summed E-state index contributed by atoms with van der Waals surface area (Å²) in [5.74, 6) is 1.81. The van der Waals surface area contributed by atoms with Crippen molar-refractivity contribution in [1.29, 1.82) is 0 Å². The average molecular weight is 363 g/mol. The van der Waals surface area contributed by atoms with Gasteiger partial charge in [-0.2, -0.15) is 4.98 Å². The summed E-state index contributed by atoms with van der Waals surface area (Å²) < 4.78 is 10.9. The van der Waals surface area contributed by atoms with E-state index < -0.39 is 0 Å². The van der Waals surface area contributed by atoms with Gasteiger partial charge in [-0.3, -0.25) is 4.79 Å². The summed E-state index contributed by atoms with van der Waals surface area (Å²) in [4.78, 5) is 18.7. The van der Waals surface area contributed by atoms with Crippen molar-refractivity contribution in [1.82, 2.24) is 10.1 Å². The van der Waals surface area contributed by atoms with Crippen molar-refractivity contribution in [3.63, 3.8) is 0 Å². The molecule has 6 heteroatoms. The molecule has 0 radical (unpaired) electrons. The molecular weight excluding hydrogens is 342 g/mol. The topological polar surface area (TPSA) is 68.5 Å². The largest absolute Gasteiger partial charge is 0.494 e. The maximum Gasteiger partial charge on any atom is 0.232 e. The number of hydrogen-bond donors (Lipinski definition) is 0. The molecule has 0 unspecified atom stereocenters. The van der Waals surface area contributed by atoms with E-state index in [1.165, 1.54) is 5.56 Å². The van der Waals surface area contributed by atoms with Gasteiger partial charge in [0.15, 0.2) is 0 Å². The van der Waals surface area contributed by atoms with Gasteiger partial charge in [-0.25, -0.2) is 0 Å². The first-order chi connectivity index (χ1) is 13.1. The minimum Gasteiger partial charge on any atom is -0.494 e. The highest BCUT2D eigenvalue weighted by atomic mass is 16.5. The first-order valence-electron chi connectivity index (χ1n) is 9.08. The lowest BCUT2D eigenvalue weighted by Gasteiger charge is -2.16. The van der Waals surface area contributed by atoms with Crippen molar-refractivity contribution >= 4 is 11.6 Å². The molecule has 27 heavy (non-hydrogen) atoms. The molecule has 138 valence electrons. The molecule has 2 heterocycles. The van der Waals surface area contributed by atoms with E-state index in [0.29, 0.717) is 31.3 Å². The minimum absolute atomic E-state index is 0.0738. The van der Waals surface area contributed by atoms with Gasteiger partial charge in [-0.05, 0) is 50.2 Å². The van der Waals surface area contributed by atoms with Crippen LogP contribution in [0.1, 0.15) is 30.7 Å².